The summed E-state index contributed by atoms with van der Waals surface area (Å²) in [6, 6.07) is 1.85. The summed E-state index contributed by atoms with van der Waals surface area (Å²) in [5.74, 6) is -0.300. The topological polar surface area (TPSA) is 66.0 Å². The third-order valence-electron chi connectivity index (χ3n) is 1.75. The van der Waals surface area contributed by atoms with Gasteiger partial charge < -0.3 is 4.55 Å². The Morgan fingerprint density at radius 1 is 1.54 bits per heavy atom. The molecule has 0 atom stereocenters. The first-order chi connectivity index (χ1) is 5.99. The minimum absolute atomic E-state index is 0.300. The first kappa shape index (κ1) is 10.2. The second-order valence-corrected chi connectivity index (χ2v) is 4.37. The van der Waals surface area contributed by atoms with Crippen LogP contribution in [0.5, 0.6) is 0 Å². The van der Waals surface area contributed by atoms with E-state index in [1.165, 1.54) is 0 Å². The number of rotatable bonds is 4. The molecule has 0 spiro atoms. The molecule has 1 aromatic rings. The zero-order valence-electron chi connectivity index (χ0n) is 7.38. The highest BCUT2D eigenvalue weighted by atomic mass is 32.2. The summed E-state index contributed by atoms with van der Waals surface area (Å²) < 4.78 is 34.5. The summed E-state index contributed by atoms with van der Waals surface area (Å²) in [6.07, 6.45) is 4.04. The van der Waals surface area contributed by atoms with E-state index in [-0.39, 0.29) is 5.75 Å². The van der Waals surface area contributed by atoms with Gasteiger partial charge >= 0.3 is 0 Å². The minimum atomic E-state index is -4.06. The lowest BCUT2D eigenvalue weighted by molar-refractivity contribution is -0.753. The van der Waals surface area contributed by atoms with Crippen molar-refractivity contribution in [3.63, 3.8) is 0 Å². The van der Waals surface area contributed by atoms with Crippen molar-refractivity contribution < 1.29 is 17.7 Å². The summed E-state index contributed by atoms with van der Waals surface area (Å²) in [4.78, 5) is 0. The fraction of sp³-hybridized carbons (Fsp3) is 0.571. The molecule has 5 nitrogen and oxygen atoms in total. The van der Waals surface area contributed by atoms with Gasteiger partial charge in [-0.15, -0.1) is 4.68 Å². The lowest BCUT2D eigenvalue weighted by atomic mass is 10.5. The van der Waals surface area contributed by atoms with Crippen LogP contribution in [0.15, 0.2) is 18.5 Å². The normalized spacial score (nSPS) is 11.8. The molecule has 0 aliphatic rings. The summed E-state index contributed by atoms with van der Waals surface area (Å²) in [6.45, 7) is 0.547. The molecule has 0 aromatic carbocycles. The predicted octanol–water partition coefficient (Wildman–Crippen LogP) is -0.752. The van der Waals surface area contributed by atoms with Crippen molar-refractivity contribution in [3.05, 3.63) is 18.5 Å². The molecule has 0 bridgehead atoms. The molecule has 0 saturated carbocycles. The Morgan fingerprint density at radius 3 is 2.69 bits per heavy atom. The van der Waals surface area contributed by atoms with Crippen molar-refractivity contribution in [1.82, 2.24) is 4.68 Å². The Labute approximate surface area is 77.3 Å². The molecule has 1 aromatic heterocycles. The van der Waals surface area contributed by atoms with Crippen LogP contribution in [-0.2, 0) is 23.7 Å². The summed E-state index contributed by atoms with van der Waals surface area (Å²) in [5, 5.41) is 0. The minimum Gasteiger partial charge on any atom is -0.748 e. The van der Waals surface area contributed by atoms with Crippen LogP contribution in [0, 0.1) is 0 Å². The molecular formula is C7H12N2O3S. The molecular weight excluding hydrogens is 192 g/mol. The number of hydrogen-bond donors (Lipinski definition) is 0. The smallest absolute Gasteiger partial charge is 0.195 e. The van der Waals surface area contributed by atoms with Gasteiger partial charge in [-0.25, -0.2) is 8.42 Å². The summed E-state index contributed by atoms with van der Waals surface area (Å²) >= 11 is 0. The highest BCUT2D eigenvalue weighted by molar-refractivity contribution is 7.85. The van der Waals surface area contributed by atoms with Crippen LogP contribution in [0.25, 0.3) is 0 Å². The van der Waals surface area contributed by atoms with Crippen LogP contribution in [0.3, 0.4) is 0 Å². The van der Waals surface area contributed by atoms with Gasteiger partial charge in [0, 0.05) is 11.8 Å². The second kappa shape index (κ2) is 3.89. The third kappa shape index (κ3) is 3.56. The Morgan fingerprint density at radius 2 is 2.23 bits per heavy atom. The Balaban J connectivity index is 2.41. The van der Waals surface area contributed by atoms with Crippen LogP contribution >= 0.6 is 0 Å². The van der Waals surface area contributed by atoms with E-state index in [9.17, 15) is 13.0 Å². The molecule has 13 heavy (non-hydrogen) atoms. The molecule has 0 N–H and O–H groups in total. The highest BCUT2D eigenvalue weighted by Crippen LogP contribution is 1.91. The van der Waals surface area contributed by atoms with Crippen LogP contribution in [0.2, 0.25) is 0 Å². The summed E-state index contributed by atoms with van der Waals surface area (Å²) in [5.41, 5.74) is 0. The van der Waals surface area contributed by atoms with Gasteiger partial charge in [0.2, 0.25) is 0 Å². The number of aryl methyl sites for hydroxylation is 2. The molecule has 0 radical (unpaired) electrons. The molecule has 0 aliphatic heterocycles. The molecule has 1 heterocycles. The van der Waals surface area contributed by atoms with Crippen LogP contribution in [0.4, 0.5) is 0 Å². The van der Waals surface area contributed by atoms with Crippen molar-refractivity contribution in [2.75, 3.05) is 5.75 Å². The van der Waals surface area contributed by atoms with E-state index >= 15 is 0 Å². The van der Waals surface area contributed by atoms with E-state index in [0.717, 1.165) is 0 Å². The largest absolute Gasteiger partial charge is 0.748 e. The van der Waals surface area contributed by atoms with Crippen LogP contribution in [-0.4, -0.2) is 23.4 Å². The van der Waals surface area contributed by atoms with Gasteiger partial charge in [0.25, 0.3) is 0 Å². The molecule has 0 unspecified atom stereocenters. The van der Waals surface area contributed by atoms with Crippen molar-refractivity contribution in [3.8, 4) is 0 Å². The van der Waals surface area contributed by atoms with Gasteiger partial charge in [0.1, 0.15) is 0 Å². The molecule has 1 rings (SSSR count). The molecule has 6 heteroatoms. The van der Waals surface area contributed by atoms with Crippen molar-refractivity contribution in [2.24, 2.45) is 7.05 Å². The first-order valence-electron chi connectivity index (χ1n) is 3.94. The monoisotopic (exact) mass is 204 g/mol. The molecule has 0 amide bonds. The number of aromatic nitrogens is 2. The molecule has 74 valence electrons. The lowest BCUT2D eigenvalue weighted by Gasteiger charge is -2.05. The maximum atomic E-state index is 10.3. The Hall–Kier alpha value is -0.880. The van der Waals surface area contributed by atoms with Gasteiger partial charge in [0.05, 0.1) is 22.9 Å². The van der Waals surface area contributed by atoms with E-state index in [1.54, 1.807) is 0 Å². The Bertz CT molecular complexity index is 369. The zero-order valence-corrected chi connectivity index (χ0v) is 8.20. The predicted molar refractivity (Wildman–Crippen MR) is 44.8 cm³/mol. The van der Waals surface area contributed by atoms with Gasteiger partial charge in [-0.1, -0.05) is 0 Å². The summed E-state index contributed by atoms with van der Waals surface area (Å²) in [7, 11) is -2.21. The van der Waals surface area contributed by atoms with E-state index in [4.69, 9.17) is 0 Å². The Kier molecular flexibility index (Phi) is 3.05. The number of hydrogen-bond acceptors (Lipinski definition) is 3. The van der Waals surface area contributed by atoms with Gasteiger partial charge in [-0.3, -0.25) is 0 Å². The maximum absolute atomic E-state index is 10.3. The molecule has 0 saturated heterocycles. The van der Waals surface area contributed by atoms with Gasteiger partial charge in [0.15, 0.2) is 13.2 Å². The average molecular weight is 204 g/mol. The van der Waals surface area contributed by atoms with Crippen molar-refractivity contribution in [2.45, 2.75) is 13.0 Å². The van der Waals surface area contributed by atoms with Gasteiger partial charge in [-0.05, 0) is 6.42 Å². The zero-order chi connectivity index (χ0) is 9.90. The van der Waals surface area contributed by atoms with E-state index in [0.29, 0.717) is 13.0 Å². The fourth-order valence-corrected chi connectivity index (χ4v) is 1.57. The molecule has 0 fully saturated rings. The van der Waals surface area contributed by atoms with E-state index in [1.807, 2.05) is 34.9 Å². The van der Waals surface area contributed by atoms with E-state index < -0.39 is 10.1 Å². The van der Waals surface area contributed by atoms with Crippen molar-refractivity contribution >= 4 is 10.1 Å². The quantitative estimate of drug-likeness (QED) is 0.478. The molecule has 0 aliphatic carbocycles. The number of nitrogens with zero attached hydrogens (tertiary/aromatic N) is 2. The van der Waals surface area contributed by atoms with E-state index in [2.05, 4.69) is 0 Å². The van der Waals surface area contributed by atoms with Crippen LogP contribution in [0.1, 0.15) is 6.42 Å². The van der Waals surface area contributed by atoms with Crippen LogP contribution < -0.4 is 4.68 Å². The third-order valence-corrected chi connectivity index (χ3v) is 2.54. The first-order valence-corrected chi connectivity index (χ1v) is 5.51. The SMILES string of the molecule is C[n+]1cccn1CCCS(=O)(=O)[O-]. The van der Waals surface area contributed by atoms with Crippen molar-refractivity contribution in [1.29, 1.82) is 0 Å². The average Bonchev–Trinajstić information content (AvgIpc) is 2.34. The maximum Gasteiger partial charge on any atom is 0.195 e. The standard InChI is InChI=1S/C7H12N2O3S/c1-8-4-2-5-9(8)6-3-7-13(10,11)12/h2,4-5H,3,6-7H2,1H3. The lowest BCUT2D eigenvalue weighted by Crippen LogP contribution is -2.38. The van der Waals surface area contributed by atoms with Gasteiger partial charge in [-0.2, -0.15) is 4.68 Å². The second-order valence-electron chi connectivity index (χ2n) is 2.84. The highest BCUT2D eigenvalue weighted by Gasteiger charge is 2.02. The fourth-order valence-electron chi connectivity index (χ4n) is 1.09.